The summed E-state index contributed by atoms with van der Waals surface area (Å²) in [5.74, 6) is 0. The van der Waals surface area contributed by atoms with Crippen molar-refractivity contribution in [1.82, 2.24) is 10.2 Å². The largest absolute Gasteiger partial charge is 0.315 e. The monoisotopic (exact) mass is 280 g/mol. The lowest BCUT2D eigenvalue weighted by Crippen LogP contribution is -2.60. The van der Waals surface area contributed by atoms with Crippen LogP contribution < -0.4 is 5.32 Å². The molecule has 1 atom stereocenters. The van der Waals surface area contributed by atoms with Crippen molar-refractivity contribution in [1.29, 1.82) is 0 Å². The van der Waals surface area contributed by atoms with Crippen LogP contribution in [0.4, 0.5) is 0 Å². The zero-order chi connectivity index (χ0) is 14.3. The Bertz CT molecular complexity index is 252. The van der Waals surface area contributed by atoms with Gasteiger partial charge in [-0.15, -0.1) is 0 Å². The van der Waals surface area contributed by atoms with Crippen LogP contribution in [-0.4, -0.2) is 36.6 Å². The maximum atomic E-state index is 3.72. The van der Waals surface area contributed by atoms with E-state index < -0.39 is 0 Å². The van der Waals surface area contributed by atoms with Gasteiger partial charge in [-0.25, -0.2) is 0 Å². The lowest BCUT2D eigenvalue weighted by Gasteiger charge is -2.48. The Kier molecular flexibility index (Phi) is 6.83. The van der Waals surface area contributed by atoms with Crippen LogP contribution in [-0.2, 0) is 0 Å². The first-order valence-electron chi connectivity index (χ1n) is 9.26. The second-order valence-corrected chi connectivity index (χ2v) is 7.05. The molecule has 2 heteroatoms. The van der Waals surface area contributed by atoms with E-state index in [-0.39, 0.29) is 0 Å². The molecule has 0 aromatic rings. The molecule has 1 heterocycles. The van der Waals surface area contributed by atoms with Gasteiger partial charge in [-0.05, 0) is 52.2 Å². The number of likely N-dealkylation sites (tertiary alicyclic amines) is 1. The highest BCUT2D eigenvalue weighted by Gasteiger charge is 2.44. The quantitative estimate of drug-likeness (QED) is 0.665. The number of hydrogen-bond acceptors (Lipinski definition) is 2. The Morgan fingerprint density at radius 1 is 0.950 bits per heavy atom. The third-order valence-corrected chi connectivity index (χ3v) is 5.80. The number of rotatable bonds is 8. The fraction of sp³-hybridized carbons (Fsp3) is 1.00. The van der Waals surface area contributed by atoms with Crippen molar-refractivity contribution in [2.75, 3.05) is 20.1 Å². The highest BCUT2D eigenvalue weighted by molar-refractivity contribution is 5.03. The van der Waals surface area contributed by atoms with Crippen molar-refractivity contribution in [2.45, 2.75) is 95.6 Å². The molecule has 1 aliphatic carbocycles. The highest BCUT2D eigenvalue weighted by atomic mass is 15.2. The molecular weight excluding hydrogens is 244 g/mol. The minimum absolute atomic E-state index is 0.501. The van der Waals surface area contributed by atoms with E-state index in [1.165, 1.54) is 90.1 Å². The molecule has 0 spiro atoms. The van der Waals surface area contributed by atoms with Crippen molar-refractivity contribution in [2.24, 2.45) is 0 Å². The molecule has 20 heavy (non-hydrogen) atoms. The van der Waals surface area contributed by atoms with Gasteiger partial charge in [-0.2, -0.15) is 0 Å². The summed E-state index contributed by atoms with van der Waals surface area (Å²) in [6.07, 6.45) is 17.0. The minimum atomic E-state index is 0.501. The zero-order valence-electron chi connectivity index (χ0n) is 13.9. The average Bonchev–Trinajstić information content (AvgIpc) is 2.99. The van der Waals surface area contributed by atoms with Gasteiger partial charge in [-0.1, -0.05) is 51.9 Å². The lowest BCUT2D eigenvalue weighted by atomic mass is 9.82. The van der Waals surface area contributed by atoms with E-state index in [2.05, 4.69) is 24.2 Å². The third kappa shape index (κ3) is 3.76. The third-order valence-electron chi connectivity index (χ3n) is 5.80. The van der Waals surface area contributed by atoms with Crippen LogP contribution in [0.2, 0.25) is 0 Å². The number of nitrogens with zero attached hydrogens (tertiary/aromatic N) is 1. The molecule has 0 aromatic heterocycles. The maximum Gasteiger partial charge on any atom is 0.0362 e. The zero-order valence-corrected chi connectivity index (χ0v) is 13.9. The van der Waals surface area contributed by atoms with Gasteiger partial charge >= 0.3 is 0 Å². The molecule has 0 amide bonds. The minimum Gasteiger partial charge on any atom is -0.315 e. The number of nitrogens with one attached hydrogen (secondary N) is 1. The predicted molar refractivity (Wildman–Crippen MR) is 88.2 cm³/mol. The maximum absolute atomic E-state index is 3.72. The van der Waals surface area contributed by atoms with Gasteiger partial charge in [0.05, 0.1) is 0 Å². The molecule has 1 N–H and O–H groups in total. The summed E-state index contributed by atoms with van der Waals surface area (Å²) in [7, 11) is 2.20. The molecule has 2 rings (SSSR count). The first-order chi connectivity index (χ1) is 9.83. The molecule has 2 aliphatic rings. The second kappa shape index (κ2) is 8.38. The van der Waals surface area contributed by atoms with Gasteiger partial charge < -0.3 is 5.32 Å². The van der Waals surface area contributed by atoms with E-state index in [0.717, 1.165) is 6.04 Å². The average molecular weight is 280 g/mol. The predicted octanol–water partition coefficient (Wildman–Crippen LogP) is 4.34. The molecule has 1 saturated heterocycles. The molecule has 1 unspecified atom stereocenters. The smallest absolute Gasteiger partial charge is 0.0362 e. The number of hydrogen-bond donors (Lipinski definition) is 1. The lowest BCUT2D eigenvalue weighted by molar-refractivity contribution is 0.0355. The molecule has 0 bridgehead atoms. The summed E-state index contributed by atoms with van der Waals surface area (Å²) in [5.41, 5.74) is 0.501. The van der Waals surface area contributed by atoms with E-state index >= 15 is 0 Å². The van der Waals surface area contributed by atoms with Gasteiger partial charge in [0.15, 0.2) is 0 Å². The Morgan fingerprint density at radius 3 is 2.25 bits per heavy atom. The van der Waals surface area contributed by atoms with E-state index in [1.807, 2.05) is 0 Å². The summed E-state index contributed by atoms with van der Waals surface area (Å²) in [6.45, 7) is 5.02. The van der Waals surface area contributed by atoms with E-state index in [1.54, 1.807) is 0 Å². The first kappa shape index (κ1) is 16.3. The number of unbranched alkanes of at least 4 members (excludes halogenated alkanes) is 3. The summed E-state index contributed by atoms with van der Waals surface area (Å²) in [4.78, 5) is 2.88. The van der Waals surface area contributed by atoms with Crippen molar-refractivity contribution < 1.29 is 0 Å². The van der Waals surface area contributed by atoms with Crippen LogP contribution in [0.15, 0.2) is 0 Å². The van der Waals surface area contributed by atoms with Gasteiger partial charge in [0.2, 0.25) is 0 Å². The van der Waals surface area contributed by atoms with Crippen molar-refractivity contribution in [3.8, 4) is 0 Å². The Morgan fingerprint density at radius 2 is 1.65 bits per heavy atom. The topological polar surface area (TPSA) is 15.3 Å². The van der Waals surface area contributed by atoms with Gasteiger partial charge in [0.1, 0.15) is 0 Å². The fourth-order valence-corrected chi connectivity index (χ4v) is 4.67. The molecular formula is C18H36N2. The van der Waals surface area contributed by atoms with Gasteiger partial charge in [-0.3, -0.25) is 4.90 Å². The molecule has 0 radical (unpaired) electrons. The second-order valence-electron chi connectivity index (χ2n) is 7.05. The summed E-state index contributed by atoms with van der Waals surface area (Å²) >= 11 is 0. The van der Waals surface area contributed by atoms with Crippen molar-refractivity contribution in [3.05, 3.63) is 0 Å². The number of piperidine rings is 1. The Balaban J connectivity index is 1.96. The Labute approximate surface area is 126 Å². The highest BCUT2D eigenvalue weighted by Crippen LogP contribution is 2.41. The molecule has 1 aliphatic heterocycles. The molecule has 1 saturated carbocycles. The van der Waals surface area contributed by atoms with Crippen LogP contribution in [0.5, 0.6) is 0 Å². The van der Waals surface area contributed by atoms with Crippen LogP contribution in [0.3, 0.4) is 0 Å². The standard InChI is InChI=1S/C18H36N2/c1-3-4-5-7-12-17(19-2)18(13-8-9-14-18)20-15-10-6-11-16-20/h17,19H,3-16H2,1-2H3. The summed E-state index contributed by atoms with van der Waals surface area (Å²) < 4.78 is 0. The SMILES string of the molecule is CCCCCCC(NC)C1(N2CCCCC2)CCCC1. The molecule has 2 nitrogen and oxygen atoms in total. The molecule has 0 aromatic carbocycles. The van der Waals surface area contributed by atoms with Crippen LogP contribution in [0, 0.1) is 0 Å². The first-order valence-corrected chi connectivity index (χ1v) is 9.26. The van der Waals surface area contributed by atoms with Crippen molar-refractivity contribution >= 4 is 0 Å². The van der Waals surface area contributed by atoms with Crippen LogP contribution in [0.25, 0.3) is 0 Å². The van der Waals surface area contributed by atoms with E-state index in [0.29, 0.717) is 5.54 Å². The van der Waals surface area contributed by atoms with Crippen LogP contribution in [0.1, 0.15) is 84.0 Å². The van der Waals surface area contributed by atoms with E-state index in [4.69, 9.17) is 0 Å². The molecule has 118 valence electrons. The normalized spacial score (nSPS) is 24.9. The Hall–Kier alpha value is -0.0800. The van der Waals surface area contributed by atoms with Crippen LogP contribution >= 0.6 is 0 Å². The molecule has 2 fully saturated rings. The summed E-state index contributed by atoms with van der Waals surface area (Å²) in [6, 6.07) is 0.722. The van der Waals surface area contributed by atoms with Gasteiger partial charge in [0.25, 0.3) is 0 Å². The van der Waals surface area contributed by atoms with Crippen molar-refractivity contribution in [3.63, 3.8) is 0 Å². The van der Waals surface area contributed by atoms with Gasteiger partial charge in [0, 0.05) is 11.6 Å². The fourth-order valence-electron chi connectivity index (χ4n) is 4.67. The van der Waals surface area contributed by atoms with E-state index in [9.17, 15) is 0 Å². The summed E-state index contributed by atoms with van der Waals surface area (Å²) in [5, 5.41) is 3.72. The number of likely N-dealkylation sites (N-methyl/N-ethyl adjacent to an activating group) is 1.